The second kappa shape index (κ2) is 29.6. The molecule has 0 bridgehead atoms. The Morgan fingerprint density at radius 1 is 0.500 bits per heavy atom. The molecule has 0 radical (unpaired) electrons. The highest BCUT2D eigenvalue weighted by molar-refractivity contribution is 6.30. The zero-order valence-corrected chi connectivity index (χ0v) is 59.8. The third-order valence-corrected chi connectivity index (χ3v) is 21.4. The maximum absolute atomic E-state index is 13.5. The third-order valence-electron chi connectivity index (χ3n) is 21.1. The van der Waals surface area contributed by atoms with Crippen molar-refractivity contribution >= 4 is 64.5 Å². The van der Waals surface area contributed by atoms with Crippen LogP contribution in [0.25, 0.3) is 33.8 Å². The Hall–Kier alpha value is -12.0. The van der Waals surface area contributed by atoms with Crippen LogP contribution >= 0.6 is 11.6 Å². The van der Waals surface area contributed by atoms with Gasteiger partial charge in [-0.15, -0.1) is 0 Å². The van der Waals surface area contributed by atoms with Crippen LogP contribution in [0, 0.1) is 63.4 Å². The molecule has 3 spiro atoms. The lowest BCUT2D eigenvalue weighted by atomic mass is 9.65. The van der Waals surface area contributed by atoms with E-state index in [1.165, 1.54) is 24.3 Å². The fourth-order valence-corrected chi connectivity index (χ4v) is 16.3. The van der Waals surface area contributed by atoms with Crippen molar-refractivity contribution < 1.29 is 37.5 Å². The van der Waals surface area contributed by atoms with Crippen LogP contribution in [-0.2, 0) is 34.0 Å². The van der Waals surface area contributed by atoms with Gasteiger partial charge in [-0.25, -0.2) is 22.8 Å². The minimum Gasteiger partial charge on any atom is -0.383 e. The van der Waals surface area contributed by atoms with Crippen molar-refractivity contribution in [2.45, 2.75) is 116 Å². The molecule has 0 unspecified atom stereocenters. The standard InChI is InChI=1S/C26H28ClN7O2.2C25H26FN7O2/c1-3-5-21(35)32-9-8-26(16-32)11-20(12-26)34-25(29-2)22(24(28)36)23(31-34)18-13-30-33(15-18)14-17-6-4-7-19(27)10-17;1-2-4-20(34)31-8-7-25(15-31)10-19(11-25)33-23(27)21(24(28)35)22(30-33)17-12-29-32(14-17)13-16-5-3-6-18(26)9-16;1-2-3-20(34)31-9-8-25(15-31)10-19(11-25)33-23(27)21(24(28)35)22(30-33)17-12-29-32(14-17)13-16-4-6-18(26)7-5-16/h4,6-7,10,13,15,20,29H,8-9,11-12,14,16H2,1-2H3,(H2,28,36);3,5-6,9,12,14,19H,7-8,10-11,13,15,27H2,1H3,(H2,28,35);4-7,12,14,19H,8-11,13,15,27H2,1H3,(H2,28,35). The highest BCUT2D eigenvalue weighted by atomic mass is 35.5. The number of aromatic nitrogens is 12. The second-order valence-electron chi connectivity index (χ2n) is 28.4. The first kappa shape index (κ1) is 72.3. The molecule has 3 aliphatic heterocycles. The molecule has 27 nitrogen and oxygen atoms in total. The van der Waals surface area contributed by atoms with Crippen LogP contribution < -0.4 is 34.0 Å². The molecular formula is C76H80ClF2N21O6. The van der Waals surface area contributed by atoms with Gasteiger partial charge in [0.25, 0.3) is 35.4 Å². The normalized spacial score (nSPS) is 20.9. The fraction of sp³-hybridized carbons (Fsp3) is 0.368. The minimum atomic E-state index is -0.661. The topological polar surface area (TPSA) is 361 Å². The number of carbonyl (C=O) groups is 6. The summed E-state index contributed by atoms with van der Waals surface area (Å²) < 4.78 is 37.1. The highest BCUT2D eigenvalue weighted by Crippen LogP contribution is 2.57. The summed E-state index contributed by atoms with van der Waals surface area (Å²) in [5, 5.41) is 31.2. The fourth-order valence-electron chi connectivity index (χ4n) is 16.1. The van der Waals surface area contributed by atoms with Crippen LogP contribution in [0.1, 0.15) is 144 Å². The first-order valence-corrected chi connectivity index (χ1v) is 35.2. The lowest BCUT2D eigenvalue weighted by Gasteiger charge is -2.45. The molecule has 6 aliphatic rings. The number of primary amides is 3. The monoisotopic (exact) mass is 1460 g/mol. The van der Waals surface area contributed by atoms with Crippen molar-refractivity contribution in [2.24, 2.45) is 33.4 Å². The summed E-state index contributed by atoms with van der Waals surface area (Å²) in [6.07, 6.45) is 18.0. The Kier molecular flexibility index (Phi) is 20.2. The summed E-state index contributed by atoms with van der Waals surface area (Å²) in [4.78, 5) is 79.0. The number of carbonyl (C=O) groups excluding carboxylic acids is 6. The van der Waals surface area contributed by atoms with Gasteiger partial charge in [-0.1, -0.05) is 65.8 Å². The van der Waals surface area contributed by atoms with E-state index in [1.54, 1.807) is 110 Å². The molecule has 30 heteroatoms. The van der Waals surface area contributed by atoms with Gasteiger partial charge in [0, 0.05) is 86.6 Å². The lowest BCUT2D eigenvalue weighted by molar-refractivity contribution is -0.125. The Labute approximate surface area is 614 Å². The molecule has 3 aliphatic carbocycles. The van der Waals surface area contributed by atoms with Gasteiger partial charge in [0.1, 0.15) is 62.9 Å². The van der Waals surface area contributed by atoms with E-state index in [-0.39, 0.29) is 86.5 Å². The average Bonchev–Trinajstić information content (AvgIpc) is 1.59. The molecule has 3 aromatic carbocycles. The van der Waals surface area contributed by atoms with E-state index < -0.39 is 17.7 Å². The minimum absolute atomic E-state index is 0.0106. The smallest absolute Gasteiger partial charge is 0.298 e. The Bertz CT molecular complexity index is 5130. The van der Waals surface area contributed by atoms with Gasteiger partial charge in [0.2, 0.25) is 0 Å². The van der Waals surface area contributed by atoms with Crippen molar-refractivity contribution in [3.63, 3.8) is 0 Å². The lowest BCUT2D eigenvalue weighted by Crippen LogP contribution is -2.42. The molecular weight excluding hydrogens is 1380 g/mol. The van der Waals surface area contributed by atoms with Gasteiger partial charge < -0.3 is 48.7 Å². The zero-order valence-electron chi connectivity index (χ0n) is 59.0. The summed E-state index contributed by atoms with van der Waals surface area (Å²) in [5.41, 5.74) is 36.5. The average molecular weight is 1460 g/mol. The number of benzene rings is 3. The number of likely N-dealkylation sites (tertiary alicyclic amines) is 3. The summed E-state index contributed by atoms with van der Waals surface area (Å²) in [6.45, 7) is 10.5. The quantitative estimate of drug-likeness (QED) is 0.0509. The predicted molar refractivity (Wildman–Crippen MR) is 392 cm³/mol. The number of rotatable bonds is 16. The molecule has 546 valence electrons. The van der Waals surface area contributed by atoms with E-state index in [4.69, 9.17) is 45.4 Å². The molecule has 106 heavy (non-hydrogen) atoms. The predicted octanol–water partition coefficient (Wildman–Crippen LogP) is 7.55. The van der Waals surface area contributed by atoms with Crippen molar-refractivity contribution in [3.05, 3.63) is 160 Å². The Morgan fingerprint density at radius 2 is 0.868 bits per heavy atom. The number of nitrogen functional groups attached to an aromatic ring is 2. The molecule has 15 rings (SSSR count). The van der Waals surface area contributed by atoms with E-state index in [2.05, 4.69) is 66.3 Å². The van der Waals surface area contributed by atoms with Crippen LogP contribution in [0.2, 0.25) is 5.02 Å². The van der Waals surface area contributed by atoms with E-state index in [1.807, 2.05) is 46.1 Å². The van der Waals surface area contributed by atoms with Gasteiger partial charge in [-0.2, -0.15) is 30.6 Å². The molecule has 6 amide bonds. The zero-order chi connectivity index (χ0) is 74.9. The summed E-state index contributed by atoms with van der Waals surface area (Å²) >= 11 is 6.11. The Balaban J connectivity index is 0.000000141. The first-order chi connectivity index (χ1) is 50.9. The molecule has 11 N–H and O–H groups in total. The van der Waals surface area contributed by atoms with E-state index in [0.29, 0.717) is 103 Å². The summed E-state index contributed by atoms with van der Waals surface area (Å²) in [7, 11) is 1.76. The maximum atomic E-state index is 13.5. The van der Waals surface area contributed by atoms with Crippen LogP contribution in [0.4, 0.5) is 26.2 Å². The summed E-state index contributed by atoms with van der Waals surface area (Å²) in [5.74, 6) is 14.1. The molecule has 0 atom stereocenters. The number of halogens is 3. The second-order valence-corrected chi connectivity index (χ2v) is 28.8. The molecule has 3 saturated carbocycles. The van der Waals surface area contributed by atoms with Crippen molar-refractivity contribution in [1.29, 1.82) is 0 Å². The molecule has 9 heterocycles. The van der Waals surface area contributed by atoms with E-state index >= 15 is 0 Å². The highest BCUT2D eigenvalue weighted by Gasteiger charge is 2.54. The van der Waals surface area contributed by atoms with E-state index in [0.717, 1.165) is 81.0 Å². The van der Waals surface area contributed by atoms with Crippen LogP contribution in [0.3, 0.4) is 0 Å². The van der Waals surface area contributed by atoms with Gasteiger partial charge in [-0.05, 0) is 166 Å². The van der Waals surface area contributed by atoms with E-state index in [9.17, 15) is 37.5 Å². The van der Waals surface area contributed by atoms with Crippen molar-refractivity contribution in [3.8, 4) is 69.3 Å². The number of anilines is 3. The van der Waals surface area contributed by atoms with Crippen molar-refractivity contribution in [1.82, 2.24) is 73.4 Å². The molecule has 3 saturated heterocycles. The van der Waals surface area contributed by atoms with Crippen LogP contribution in [0.15, 0.2) is 110 Å². The van der Waals surface area contributed by atoms with Gasteiger partial charge in [-0.3, -0.25) is 42.8 Å². The van der Waals surface area contributed by atoms with Gasteiger partial charge in [0.15, 0.2) is 0 Å². The molecule has 9 aromatic rings. The first-order valence-electron chi connectivity index (χ1n) is 34.8. The van der Waals surface area contributed by atoms with Crippen LogP contribution in [-0.4, -0.2) is 155 Å². The maximum Gasteiger partial charge on any atom is 0.298 e. The SMILES string of the molecule is CC#CC(=O)N1CCC2(CC(n3nc(-c4cnn(Cc5ccc(F)cc5)c4)c(C(N)=O)c3N)C2)C1.CC#CC(=O)N1CCC2(CC(n3nc(-c4cnn(Cc5cccc(Cl)c5)c4)c(C(N)=O)c3NC)C2)C1.CC#CC(=O)N1CCC2(CC(n3nc(-c4cnn(Cc5cccc(F)c5)c4)c(C(N)=O)c3N)C2)C1. The molecule has 6 aromatic heterocycles. The number of nitrogens with two attached hydrogens (primary N) is 5. The number of nitrogens with zero attached hydrogens (tertiary/aromatic N) is 15. The number of hydrogen-bond donors (Lipinski definition) is 6. The van der Waals surface area contributed by atoms with Gasteiger partial charge >= 0.3 is 0 Å². The van der Waals surface area contributed by atoms with Gasteiger partial charge in [0.05, 0.1) is 56.4 Å². The van der Waals surface area contributed by atoms with Crippen molar-refractivity contribution in [2.75, 3.05) is 63.1 Å². The van der Waals surface area contributed by atoms with Crippen LogP contribution in [0.5, 0.6) is 0 Å². The Morgan fingerprint density at radius 3 is 1.25 bits per heavy atom. The number of amides is 6. The largest absolute Gasteiger partial charge is 0.383 e. The summed E-state index contributed by atoms with van der Waals surface area (Å²) in [6, 6.07) is 20.2. The molecule has 6 fully saturated rings. The third kappa shape index (κ3) is 14.8. The number of hydrogen-bond acceptors (Lipinski definition) is 15. The number of nitrogens with one attached hydrogen (secondary N) is 1.